The van der Waals surface area contributed by atoms with Crippen LogP contribution in [0.2, 0.25) is 0 Å². The summed E-state index contributed by atoms with van der Waals surface area (Å²) in [6, 6.07) is 8.82. The maximum absolute atomic E-state index is 4.21. The molecule has 1 aromatic carbocycles. The smallest absolute Gasteiger partial charge is 0.0495 e. The summed E-state index contributed by atoms with van der Waals surface area (Å²) in [6.45, 7) is 4.51. The maximum Gasteiger partial charge on any atom is 0.0495 e. The number of benzene rings is 1. The molecule has 0 bridgehead atoms. The highest BCUT2D eigenvalue weighted by molar-refractivity contribution is 6.06. The monoisotopic (exact) mass is 238 g/mol. The summed E-state index contributed by atoms with van der Waals surface area (Å²) in [4.78, 5) is 7.69. The van der Waals surface area contributed by atoms with Crippen LogP contribution < -0.4 is 0 Å². The number of pyridine rings is 1. The Balaban J connectivity index is 2.21. The van der Waals surface area contributed by atoms with Crippen molar-refractivity contribution in [3.8, 4) is 0 Å². The number of hydrogen-bond donors (Lipinski definition) is 1. The van der Waals surface area contributed by atoms with Gasteiger partial charge in [-0.05, 0) is 36.5 Å². The van der Waals surface area contributed by atoms with Crippen LogP contribution >= 0.6 is 0 Å². The van der Waals surface area contributed by atoms with Crippen molar-refractivity contribution < 1.29 is 0 Å². The number of nitrogens with zero attached hydrogens (tertiary/aromatic N) is 1. The van der Waals surface area contributed by atoms with Crippen LogP contribution in [0.3, 0.4) is 0 Å². The molecule has 0 spiro atoms. The SMILES string of the molecule is CCC(CC)c1ccc2c(c1)[nH]c1ccncc12. The van der Waals surface area contributed by atoms with Crippen molar-refractivity contribution in [3.05, 3.63) is 42.2 Å². The van der Waals surface area contributed by atoms with Crippen LogP contribution in [-0.2, 0) is 0 Å². The van der Waals surface area contributed by atoms with E-state index >= 15 is 0 Å². The van der Waals surface area contributed by atoms with Crippen LogP contribution in [0.25, 0.3) is 21.8 Å². The van der Waals surface area contributed by atoms with Gasteiger partial charge in [-0.3, -0.25) is 4.98 Å². The van der Waals surface area contributed by atoms with Gasteiger partial charge in [0.2, 0.25) is 0 Å². The Bertz CT molecular complexity index is 678. The van der Waals surface area contributed by atoms with Gasteiger partial charge in [0.25, 0.3) is 0 Å². The first-order valence-corrected chi connectivity index (χ1v) is 6.68. The Hall–Kier alpha value is -1.83. The van der Waals surface area contributed by atoms with Gasteiger partial charge in [0, 0.05) is 34.2 Å². The van der Waals surface area contributed by atoms with Gasteiger partial charge in [-0.15, -0.1) is 0 Å². The molecule has 0 amide bonds. The summed E-state index contributed by atoms with van der Waals surface area (Å²) in [6.07, 6.45) is 6.16. The Morgan fingerprint density at radius 2 is 1.89 bits per heavy atom. The van der Waals surface area contributed by atoms with Gasteiger partial charge in [-0.1, -0.05) is 26.0 Å². The normalized spacial score (nSPS) is 11.7. The van der Waals surface area contributed by atoms with E-state index in [9.17, 15) is 0 Å². The van der Waals surface area contributed by atoms with Gasteiger partial charge >= 0.3 is 0 Å². The molecule has 2 heterocycles. The van der Waals surface area contributed by atoms with E-state index in [-0.39, 0.29) is 0 Å². The summed E-state index contributed by atoms with van der Waals surface area (Å²) in [5.74, 6) is 0.666. The van der Waals surface area contributed by atoms with Crippen molar-refractivity contribution >= 4 is 21.8 Å². The number of rotatable bonds is 3. The van der Waals surface area contributed by atoms with Crippen molar-refractivity contribution in [2.45, 2.75) is 32.6 Å². The summed E-state index contributed by atoms with van der Waals surface area (Å²) in [5, 5.41) is 2.48. The molecule has 0 atom stereocenters. The minimum atomic E-state index is 0.666. The molecule has 3 rings (SSSR count). The first-order chi connectivity index (χ1) is 8.83. The molecule has 0 saturated carbocycles. The zero-order valence-electron chi connectivity index (χ0n) is 10.9. The Kier molecular flexibility index (Phi) is 2.78. The second-order valence-corrected chi connectivity index (χ2v) is 4.86. The Morgan fingerprint density at radius 1 is 1.06 bits per heavy atom. The molecule has 0 saturated heterocycles. The van der Waals surface area contributed by atoms with Gasteiger partial charge in [0.1, 0.15) is 0 Å². The third kappa shape index (κ3) is 1.69. The van der Waals surface area contributed by atoms with Crippen LogP contribution in [0, 0.1) is 0 Å². The van der Waals surface area contributed by atoms with Crippen molar-refractivity contribution in [1.82, 2.24) is 9.97 Å². The minimum Gasteiger partial charge on any atom is -0.354 e. The molecule has 3 aromatic rings. The van der Waals surface area contributed by atoms with E-state index in [1.165, 1.54) is 40.2 Å². The van der Waals surface area contributed by atoms with E-state index in [2.05, 4.69) is 42.0 Å². The summed E-state index contributed by atoms with van der Waals surface area (Å²) in [5.41, 5.74) is 3.83. The number of fused-ring (bicyclic) bond motifs is 3. The molecule has 0 fully saturated rings. The molecule has 92 valence electrons. The molecule has 0 aliphatic rings. The van der Waals surface area contributed by atoms with E-state index in [0.717, 1.165) is 0 Å². The highest BCUT2D eigenvalue weighted by Gasteiger charge is 2.09. The summed E-state index contributed by atoms with van der Waals surface area (Å²) in [7, 11) is 0. The maximum atomic E-state index is 4.21. The van der Waals surface area contributed by atoms with Gasteiger partial charge in [-0.25, -0.2) is 0 Å². The van der Waals surface area contributed by atoms with Gasteiger partial charge < -0.3 is 4.98 Å². The lowest BCUT2D eigenvalue weighted by atomic mass is 9.93. The molecule has 0 radical (unpaired) electrons. The first kappa shape index (κ1) is 11.3. The van der Waals surface area contributed by atoms with Crippen molar-refractivity contribution in [3.63, 3.8) is 0 Å². The fraction of sp³-hybridized carbons (Fsp3) is 0.312. The number of nitrogens with one attached hydrogen (secondary N) is 1. The number of H-pyrrole nitrogens is 1. The molecule has 1 N–H and O–H groups in total. The number of hydrogen-bond acceptors (Lipinski definition) is 1. The zero-order chi connectivity index (χ0) is 12.5. The van der Waals surface area contributed by atoms with Crippen LogP contribution in [0.1, 0.15) is 38.2 Å². The highest BCUT2D eigenvalue weighted by Crippen LogP contribution is 2.29. The number of aromatic amines is 1. The predicted octanol–water partition coefficient (Wildman–Crippen LogP) is 4.62. The van der Waals surface area contributed by atoms with E-state index in [0.29, 0.717) is 5.92 Å². The fourth-order valence-electron chi connectivity index (χ4n) is 2.78. The Morgan fingerprint density at radius 3 is 2.67 bits per heavy atom. The predicted molar refractivity (Wildman–Crippen MR) is 76.9 cm³/mol. The average molecular weight is 238 g/mol. The fourth-order valence-corrected chi connectivity index (χ4v) is 2.78. The lowest BCUT2D eigenvalue weighted by Gasteiger charge is -2.12. The quantitative estimate of drug-likeness (QED) is 0.708. The van der Waals surface area contributed by atoms with Crippen LogP contribution in [0.4, 0.5) is 0 Å². The molecule has 2 nitrogen and oxygen atoms in total. The van der Waals surface area contributed by atoms with E-state index < -0.39 is 0 Å². The number of aromatic nitrogens is 2. The van der Waals surface area contributed by atoms with Crippen LogP contribution in [-0.4, -0.2) is 9.97 Å². The van der Waals surface area contributed by atoms with Gasteiger partial charge in [0.05, 0.1) is 0 Å². The van der Waals surface area contributed by atoms with Gasteiger partial charge in [-0.2, -0.15) is 0 Å². The van der Waals surface area contributed by atoms with E-state index in [1.807, 2.05) is 18.5 Å². The van der Waals surface area contributed by atoms with Crippen molar-refractivity contribution in [1.29, 1.82) is 0 Å². The summed E-state index contributed by atoms with van der Waals surface area (Å²) < 4.78 is 0. The first-order valence-electron chi connectivity index (χ1n) is 6.68. The molecule has 0 aliphatic carbocycles. The standard InChI is InChI=1S/C16H18N2/c1-3-11(4-2)12-5-6-13-14-10-17-8-7-15(14)18-16(13)9-12/h5-11,18H,3-4H2,1-2H3. The zero-order valence-corrected chi connectivity index (χ0v) is 10.9. The van der Waals surface area contributed by atoms with Crippen LogP contribution in [0.15, 0.2) is 36.7 Å². The minimum absolute atomic E-state index is 0.666. The third-order valence-corrected chi connectivity index (χ3v) is 3.88. The van der Waals surface area contributed by atoms with E-state index in [1.54, 1.807) is 0 Å². The average Bonchev–Trinajstić information content (AvgIpc) is 2.78. The third-order valence-electron chi connectivity index (χ3n) is 3.88. The molecule has 2 heteroatoms. The molecular weight excluding hydrogens is 220 g/mol. The molecule has 2 aromatic heterocycles. The second-order valence-electron chi connectivity index (χ2n) is 4.86. The second kappa shape index (κ2) is 4.45. The Labute approximate surface area is 107 Å². The highest BCUT2D eigenvalue weighted by atomic mass is 14.7. The lowest BCUT2D eigenvalue weighted by Crippen LogP contribution is -1.94. The van der Waals surface area contributed by atoms with Crippen molar-refractivity contribution in [2.24, 2.45) is 0 Å². The lowest BCUT2D eigenvalue weighted by molar-refractivity contribution is 0.642. The molecular formula is C16H18N2. The van der Waals surface area contributed by atoms with Crippen LogP contribution in [0.5, 0.6) is 0 Å². The van der Waals surface area contributed by atoms with E-state index in [4.69, 9.17) is 0 Å². The summed E-state index contributed by atoms with van der Waals surface area (Å²) >= 11 is 0. The van der Waals surface area contributed by atoms with Gasteiger partial charge in [0.15, 0.2) is 0 Å². The molecule has 18 heavy (non-hydrogen) atoms. The topological polar surface area (TPSA) is 28.7 Å². The molecule has 0 unspecified atom stereocenters. The largest absolute Gasteiger partial charge is 0.354 e. The molecule has 0 aliphatic heterocycles. The van der Waals surface area contributed by atoms with Crippen molar-refractivity contribution in [2.75, 3.05) is 0 Å².